The summed E-state index contributed by atoms with van der Waals surface area (Å²) in [4.78, 5) is 10.6. The van der Waals surface area contributed by atoms with Crippen LogP contribution in [0.2, 0.25) is 5.02 Å². The number of nitrogens with zero attached hydrogens (tertiary/aromatic N) is 8. The smallest absolute Gasteiger partial charge is 0.263 e. The van der Waals surface area contributed by atoms with Crippen molar-refractivity contribution in [2.24, 2.45) is 11.3 Å². The van der Waals surface area contributed by atoms with E-state index < -0.39 is 11.8 Å². The van der Waals surface area contributed by atoms with Crippen LogP contribution >= 0.6 is 11.6 Å². The van der Waals surface area contributed by atoms with Gasteiger partial charge in [-0.15, -0.1) is 10.2 Å². The summed E-state index contributed by atoms with van der Waals surface area (Å²) in [7, 11) is 0. The molecule has 190 valence electrons. The number of fused-ring (bicyclic) bond motifs is 3. The van der Waals surface area contributed by atoms with Gasteiger partial charge in [0.15, 0.2) is 5.82 Å². The number of benzene rings is 1. The zero-order valence-corrected chi connectivity index (χ0v) is 20.9. The molecular formula is C26H25ClF2N8. The summed E-state index contributed by atoms with van der Waals surface area (Å²) in [5.41, 5.74) is 2.35. The third kappa shape index (κ3) is 3.92. The van der Waals surface area contributed by atoms with Gasteiger partial charge in [0.25, 0.3) is 5.92 Å². The molecule has 0 N–H and O–H groups in total. The molecule has 11 heteroatoms. The molecule has 0 radical (unpaired) electrons. The summed E-state index contributed by atoms with van der Waals surface area (Å²) in [6.07, 6.45) is 1.19. The first kappa shape index (κ1) is 22.9. The number of aromatic nitrogens is 4. The Morgan fingerprint density at radius 1 is 1.05 bits per heavy atom. The normalized spacial score (nSPS) is 20.5. The van der Waals surface area contributed by atoms with Gasteiger partial charge in [0.05, 0.1) is 18.8 Å². The molecule has 0 atom stereocenters. The number of nitriles is 1. The molecule has 37 heavy (non-hydrogen) atoms. The molecule has 1 saturated carbocycles. The summed E-state index contributed by atoms with van der Waals surface area (Å²) in [6.45, 7) is 3.77. The van der Waals surface area contributed by atoms with E-state index in [9.17, 15) is 8.78 Å². The van der Waals surface area contributed by atoms with Crippen molar-refractivity contribution < 1.29 is 8.78 Å². The molecule has 0 bridgehead atoms. The number of anilines is 2. The van der Waals surface area contributed by atoms with E-state index in [0.717, 1.165) is 49.2 Å². The number of halogens is 3. The van der Waals surface area contributed by atoms with E-state index >= 15 is 0 Å². The van der Waals surface area contributed by atoms with E-state index in [0.29, 0.717) is 42.5 Å². The highest BCUT2D eigenvalue weighted by Crippen LogP contribution is 2.46. The topological polar surface area (TPSA) is 77.1 Å². The van der Waals surface area contributed by atoms with Crippen LogP contribution in [-0.2, 0) is 13.1 Å². The number of rotatable bonds is 5. The minimum atomic E-state index is -2.71. The van der Waals surface area contributed by atoms with Crippen molar-refractivity contribution in [2.45, 2.75) is 31.9 Å². The quantitative estimate of drug-likeness (QED) is 0.503. The Morgan fingerprint density at radius 2 is 1.84 bits per heavy atom. The fourth-order valence-corrected chi connectivity index (χ4v) is 6.19. The Balaban J connectivity index is 1.12. The number of hydrogen-bond acceptors (Lipinski definition) is 7. The zero-order valence-electron chi connectivity index (χ0n) is 20.1. The average Bonchev–Trinajstić information content (AvgIpc) is 3.62. The van der Waals surface area contributed by atoms with Crippen molar-refractivity contribution in [1.82, 2.24) is 24.6 Å². The molecule has 1 aromatic carbocycles. The molecule has 3 aliphatic heterocycles. The molecule has 3 fully saturated rings. The highest BCUT2D eigenvalue weighted by atomic mass is 35.5. The van der Waals surface area contributed by atoms with Gasteiger partial charge in [-0.1, -0.05) is 17.7 Å². The van der Waals surface area contributed by atoms with Gasteiger partial charge in [0.1, 0.15) is 17.6 Å². The Morgan fingerprint density at radius 3 is 2.59 bits per heavy atom. The molecule has 5 heterocycles. The Bertz CT molecular complexity index is 1410. The van der Waals surface area contributed by atoms with Crippen LogP contribution < -0.4 is 9.80 Å². The fourth-order valence-electron chi connectivity index (χ4n) is 5.99. The van der Waals surface area contributed by atoms with Crippen LogP contribution in [0.1, 0.15) is 29.9 Å². The van der Waals surface area contributed by atoms with Crippen LogP contribution in [0.15, 0.2) is 36.4 Å². The van der Waals surface area contributed by atoms with Gasteiger partial charge in [0.2, 0.25) is 5.95 Å². The molecule has 1 spiro atoms. The van der Waals surface area contributed by atoms with Crippen LogP contribution in [0.3, 0.4) is 0 Å². The minimum Gasteiger partial charge on any atom is -0.355 e. The second-order valence-electron chi connectivity index (χ2n) is 10.9. The van der Waals surface area contributed by atoms with Gasteiger partial charge in [-0.3, -0.25) is 9.47 Å². The number of alkyl halides is 2. The lowest BCUT2D eigenvalue weighted by Gasteiger charge is -2.60. The van der Waals surface area contributed by atoms with Crippen LogP contribution in [0.5, 0.6) is 0 Å². The van der Waals surface area contributed by atoms with Crippen molar-refractivity contribution in [1.29, 1.82) is 5.26 Å². The molecule has 4 aliphatic rings. The first-order valence-electron chi connectivity index (χ1n) is 12.5. The van der Waals surface area contributed by atoms with E-state index in [2.05, 4.69) is 31.1 Å². The van der Waals surface area contributed by atoms with Crippen LogP contribution in [0.25, 0.3) is 5.69 Å². The molecule has 7 rings (SSSR count). The highest BCUT2D eigenvalue weighted by Gasteiger charge is 2.54. The summed E-state index contributed by atoms with van der Waals surface area (Å²) in [5.74, 6) is -0.995. The Hall–Kier alpha value is -3.29. The van der Waals surface area contributed by atoms with E-state index in [1.54, 1.807) is 11.0 Å². The molecule has 3 aromatic rings. The van der Waals surface area contributed by atoms with E-state index in [1.807, 2.05) is 34.9 Å². The van der Waals surface area contributed by atoms with Gasteiger partial charge < -0.3 is 9.80 Å². The minimum absolute atomic E-state index is 0.142. The third-order valence-electron chi connectivity index (χ3n) is 7.92. The van der Waals surface area contributed by atoms with Crippen LogP contribution in [-0.4, -0.2) is 63.3 Å². The van der Waals surface area contributed by atoms with E-state index in [1.165, 1.54) is 0 Å². The maximum Gasteiger partial charge on any atom is 0.263 e. The Labute approximate surface area is 218 Å². The zero-order chi connectivity index (χ0) is 25.4. The van der Waals surface area contributed by atoms with Gasteiger partial charge in [-0.25, -0.2) is 13.8 Å². The molecule has 8 nitrogen and oxygen atoms in total. The monoisotopic (exact) mass is 522 g/mol. The molecular weight excluding hydrogens is 498 g/mol. The van der Waals surface area contributed by atoms with Crippen LogP contribution in [0, 0.1) is 22.7 Å². The maximum absolute atomic E-state index is 14.7. The van der Waals surface area contributed by atoms with Gasteiger partial charge in [-0.05, 0) is 48.7 Å². The molecule has 2 saturated heterocycles. The predicted molar refractivity (Wildman–Crippen MR) is 134 cm³/mol. The van der Waals surface area contributed by atoms with Gasteiger partial charge in [0, 0.05) is 49.1 Å². The van der Waals surface area contributed by atoms with Crippen molar-refractivity contribution in [3.8, 4) is 11.8 Å². The van der Waals surface area contributed by atoms with E-state index in [-0.39, 0.29) is 12.0 Å². The first-order valence-corrected chi connectivity index (χ1v) is 12.9. The molecule has 0 unspecified atom stereocenters. The summed E-state index contributed by atoms with van der Waals surface area (Å²) in [6, 6.07) is 13.2. The third-order valence-corrected chi connectivity index (χ3v) is 8.16. The molecule has 2 aromatic heterocycles. The van der Waals surface area contributed by atoms with Crippen molar-refractivity contribution >= 4 is 23.4 Å². The predicted octanol–water partition coefficient (Wildman–Crippen LogP) is 3.87. The SMILES string of the molecule is N#Cc1cccc(N2CC3(C2)CN(c2nnc4n2-c2ccc(Cl)cc2CN(CC(F)(F)C2CC2)C4)C3)n1. The summed E-state index contributed by atoms with van der Waals surface area (Å²) >= 11 is 6.31. The largest absolute Gasteiger partial charge is 0.355 e. The molecule has 1 aliphatic carbocycles. The lowest BCUT2D eigenvalue weighted by Crippen LogP contribution is -2.73. The van der Waals surface area contributed by atoms with Gasteiger partial charge >= 0.3 is 0 Å². The average molecular weight is 523 g/mol. The van der Waals surface area contributed by atoms with Crippen LogP contribution in [0.4, 0.5) is 20.5 Å². The van der Waals surface area contributed by atoms with Crippen molar-refractivity contribution in [3.05, 3.63) is 58.5 Å². The fraction of sp³-hybridized carbons (Fsp3) is 0.462. The standard InChI is InChI=1S/C26H25ClF2N8/c27-19-6-7-21-17(8-19)10-34(16-26(28,29)18-4-5-18)11-23-32-33-24(37(21)23)36-14-25(15-36)12-35(13-25)22-3-1-2-20(9-30)31-22/h1-3,6-8,18H,4-5,10-16H2. The lowest BCUT2D eigenvalue weighted by atomic mass is 9.73. The second-order valence-corrected chi connectivity index (χ2v) is 11.3. The van der Waals surface area contributed by atoms with E-state index in [4.69, 9.17) is 16.9 Å². The van der Waals surface area contributed by atoms with Crippen molar-refractivity contribution in [3.63, 3.8) is 0 Å². The van der Waals surface area contributed by atoms with Gasteiger partial charge in [-0.2, -0.15) is 5.26 Å². The summed E-state index contributed by atoms with van der Waals surface area (Å²) in [5, 5.41) is 18.7. The first-order chi connectivity index (χ1) is 17.8. The maximum atomic E-state index is 14.7. The number of hydrogen-bond donors (Lipinski definition) is 0. The Kier molecular flexibility index (Phi) is 5.01. The lowest BCUT2D eigenvalue weighted by molar-refractivity contribution is -0.0558. The second kappa shape index (κ2) is 8.10. The highest BCUT2D eigenvalue weighted by molar-refractivity contribution is 6.30. The molecule has 0 amide bonds. The van der Waals surface area contributed by atoms with Crippen molar-refractivity contribution in [2.75, 3.05) is 42.5 Å². The number of pyridine rings is 1. The summed E-state index contributed by atoms with van der Waals surface area (Å²) < 4.78 is 31.5.